The maximum atomic E-state index is 12.0. The first-order valence-electron chi connectivity index (χ1n) is 8.31. The number of nitrogens with zero attached hydrogens (tertiary/aromatic N) is 1. The fraction of sp³-hybridized carbons (Fsp3) is 0.875. The van der Waals surface area contributed by atoms with Gasteiger partial charge in [0.15, 0.2) is 0 Å². The first-order chi connectivity index (χ1) is 10.2. The SMILES string of the molecule is COC(=O)N1CCC(NC(=O)CCC2CCCCC2)CC1. The Balaban J connectivity index is 1.61. The first-order valence-corrected chi connectivity index (χ1v) is 8.31. The van der Waals surface area contributed by atoms with Gasteiger partial charge < -0.3 is 15.0 Å². The quantitative estimate of drug-likeness (QED) is 0.867. The normalized spacial score (nSPS) is 21.1. The molecule has 2 fully saturated rings. The summed E-state index contributed by atoms with van der Waals surface area (Å²) in [6.07, 6.45) is 9.69. The summed E-state index contributed by atoms with van der Waals surface area (Å²) in [6, 6.07) is 0.213. The molecule has 5 heteroatoms. The third kappa shape index (κ3) is 5.21. The van der Waals surface area contributed by atoms with E-state index in [1.54, 1.807) is 4.90 Å². The molecule has 0 bridgehead atoms. The summed E-state index contributed by atoms with van der Waals surface area (Å²) in [5, 5.41) is 3.12. The maximum absolute atomic E-state index is 12.0. The van der Waals surface area contributed by atoms with Gasteiger partial charge in [-0.1, -0.05) is 32.1 Å². The van der Waals surface area contributed by atoms with Gasteiger partial charge in [-0.3, -0.25) is 4.79 Å². The van der Waals surface area contributed by atoms with Gasteiger partial charge in [0, 0.05) is 25.6 Å². The molecule has 0 radical (unpaired) electrons. The summed E-state index contributed by atoms with van der Waals surface area (Å²) in [7, 11) is 1.40. The summed E-state index contributed by atoms with van der Waals surface area (Å²) in [5.74, 6) is 0.933. The molecule has 0 aromatic heterocycles. The largest absolute Gasteiger partial charge is 0.453 e. The molecule has 1 saturated heterocycles. The lowest BCUT2D eigenvalue weighted by Crippen LogP contribution is -2.46. The first kappa shape index (κ1) is 16.1. The van der Waals surface area contributed by atoms with E-state index < -0.39 is 0 Å². The molecule has 2 rings (SSSR count). The van der Waals surface area contributed by atoms with Crippen LogP contribution in [0.4, 0.5) is 4.79 Å². The van der Waals surface area contributed by atoms with Crippen molar-refractivity contribution in [2.24, 2.45) is 5.92 Å². The van der Waals surface area contributed by atoms with Crippen molar-refractivity contribution in [3.63, 3.8) is 0 Å². The number of carbonyl (C=O) groups excluding carboxylic acids is 2. The monoisotopic (exact) mass is 296 g/mol. The lowest BCUT2D eigenvalue weighted by atomic mass is 9.86. The zero-order chi connectivity index (χ0) is 15.1. The van der Waals surface area contributed by atoms with Crippen LogP contribution in [0.3, 0.4) is 0 Å². The fourth-order valence-electron chi connectivity index (χ4n) is 3.45. The van der Waals surface area contributed by atoms with Crippen molar-refractivity contribution >= 4 is 12.0 Å². The van der Waals surface area contributed by atoms with E-state index >= 15 is 0 Å². The van der Waals surface area contributed by atoms with Crippen molar-refractivity contribution < 1.29 is 14.3 Å². The minimum atomic E-state index is -0.267. The molecule has 0 spiro atoms. The number of piperidine rings is 1. The van der Waals surface area contributed by atoms with E-state index in [0.29, 0.717) is 19.5 Å². The van der Waals surface area contributed by atoms with Crippen LogP contribution >= 0.6 is 0 Å². The second kappa shape index (κ2) is 8.25. The van der Waals surface area contributed by atoms with Crippen LogP contribution in [0.1, 0.15) is 57.8 Å². The molecule has 21 heavy (non-hydrogen) atoms. The number of methoxy groups -OCH3 is 1. The molecule has 5 nitrogen and oxygen atoms in total. The lowest BCUT2D eigenvalue weighted by molar-refractivity contribution is -0.122. The number of amides is 2. The molecule has 1 saturated carbocycles. The highest BCUT2D eigenvalue weighted by atomic mass is 16.5. The standard InChI is InChI=1S/C16H28N2O3/c1-21-16(20)18-11-9-14(10-12-18)17-15(19)8-7-13-5-3-2-4-6-13/h13-14H,2-12H2,1H3,(H,17,19). The Morgan fingerprint density at radius 2 is 1.76 bits per heavy atom. The number of ether oxygens (including phenoxy) is 1. The van der Waals surface area contributed by atoms with Gasteiger partial charge in [0.1, 0.15) is 0 Å². The topological polar surface area (TPSA) is 58.6 Å². The van der Waals surface area contributed by atoms with Crippen molar-refractivity contribution in [1.82, 2.24) is 10.2 Å². The van der Waals surface area contributed by atoms with Gasteiger partial charge in [-0.15, -0.1) is 0 Å². The van der Waals surface area contributed by atoms with E-state index in [4.69, 9.17) is 4.74 Å². The minimum Gasteiger partial charge on any atom is -0.453 e. The predicted octanol–water partition coefficient (Wildman–Crippen LogP) is 2.69. The second-order valence-corrected chi connectivity index (χ2v) is 6.34. The maximum Gasteiger partial charge on any atom is 0.409 e. The van der Waals surface area contributed by atoms with E-state index in [0.717, 1.165) is 25.2 Å². The summed E-state index contributed by atoms with van der Waals surface area (Å²) >= 11 is 0. The van der Waals surface area contributed by atoms with E-state index in [1.807, 2.05) is 0 Å². The molecule has 0 aromatic carbocycles. The Morgan fingerprint density at radius 1 is 1.10 bits per heavy atom. The Labute approximate surface area is 127 Å². The van der Waals surface area contributed by atoms with Crippen molar-refractivity contribution in [3.8, 4) is 0 Å². The highest BCUT2D eigenvalue weighted by Gasteiger charge is 2.24. The summed E-state index contributed by atoms with van der Waals surface area (Å²) < 4.78 is 4.71. The van der Waals surface area contributed by atoms with Gasteiger partial charge in [0.05, 0.1) is 7.11 Å². The summed E-state index contributed by atoms with van der Waals surface area (Å²) in [5.41, 5.74) is 0. The van der Waals surface area contributed by atoms with Crippen LogP contribution in [0.2, 0.25) is 0 Å². The molecule has 1 aliphatic carbocycles. The van der Waals surface area contributed by atoms with Crippen molar-refractivity contribution in [2.75, 3.05) is 20.2 Å². The molecular formula is C16H28N2O3. The third-order valence-corrected chi connectivity index (χ3v) is 4.80. The Morgan fingerprint density at radius 3 is 2.38 bits per heavy atom. The van der Waals surface area contributed by atoms with Crippen LogP contribution in [0.5, 0.6) is 0 Å². The van der Waals surface area contributed by atoms with Crippen LogP contribution in [0, 0.1) is 5.92 Å². The van der Waals surface area contributed by atoms with Crippen molar-refractivity contribution in [2.45, 2.75) is 63.8 Å². The molecule has 0 unspecified atom stereocenters. The zero-order valence-corrected chi connectivity index (χ0v) is 13.1. The molecular weight excluding hydrogens is 268 g/mol. The highest BCUT2D eigenvalue weighted by Crippen LogP contribution is 2.27. The van der Waals surface area contributed by atoms with E-state index in [2.05, 4.69) is 5.32 Å². The molecule has 2 aliphatic rings. The number of nitrogens with one attached hydrogen (secondary N) is 1. The fourth-order valence-corrected chi connectivity index (χ4v) is 3.45. The number of hydrogen-bond donors (Lipinski definition) is 1. The average Bonchev–Trinajstić information content (AvgIpc) is 2.54. The second-order valence-electron chi connectivity index (χ2n) is 6.34. The molecule has 0 aromatic rings. The smallest absolute Gasteiger partial charge is 0.409 e. The molecule has 2 amide bonds. The number of carbonyl (C=O) groups is 2. The molecule has 120 valence electrons. The predicted molar refractivity (Wildman–Crippen MR) is 81.0 cm³/mol. The van der Waals surface area contributed by atoms with Gasteiger partial charge in [-0.25, -0.2) is 4.79 Å². The number of likely N-dealkylation sites (tertiary alicyclic amines) is 1. The highest BCUT2D eigenvalue weighted by molar-refractivity contribution is 5.76. The van der Waals surface area contributed by atoms with E-state index in [-0.39, 0.29) is 18.0 Å². The average molecular weight is 296 g/mol. The lowest BCUT2D eigenvalue weighted by Gasteiger charge is -2.31. The Hall–Kier alpha value is -1.26. The van der Waals surface area contributed by atoms with Crippen LogP contribution in [-0.4, -0.2) is 43.1 Å². The van der Waals surface area contributed by atoms with Crippen LogP contribution in [0.25, 0.3) is 0 Å². The third-order valence-electron chi connectivity index (χ3n) is 4.80. The summed E-state index contributed by atoms with van der Waals surface area (Å²) in [6.45, 7) is 1.33. The number of hydrogen-bond acceptors (Lipinski definition) is 3. The van der Waals surface area contributed by atoms with Crippen LogP contribution in [0.15, 0.2) is 0 Å². The van der Waals surface area contributed by atoms with Gasteiger partial charge in [0.25, 0.3) is 0 Å². The number of rotatable bonds is 4. The van der Waals surface area contributed by atoms with E-state index in [1.165, 1.54) is 39.2 Å². The summed E-state index contributed by atoms with van der Waals surface area (Å²) in [4.78, 5) is 25.1. The zero-order valence-electron chi connectivity index (χ0n) is 13.1. The van der Waals surface area contributed by atoms with Crippen molar-refractivity contribution in [1.29, 1.82) is 0 Å². The van der Waals surface area contributed by atoms with Crippen LogP contribution in [-0.2, 0) is 9.53 Å². The van der Waals surface area contributed by atoms with Crippen molar-refractivity contribution in [3.05, 3.63) is 0 Å². The van der Waals surface area contributed by atoms with E-state index in [9.17, 15) is 9.59 Å². The van der Waals surface area contributed by atoms with Gasteiger partial charge >= 0.3 is 6.09 Å². The van der Waals surface area contributed by atoms with Gasteiger partial charge in [-0.2, -0.15) is 0 Å². The molecule has 0 atom stereocenters. The molecule has 1 heterocycles. The molecule has 1 aliphatic heterocycles. The minimum absolute atomic E-state index is 0.178. The van der Waals surface area contributed by atoms with Gasteiger partial charge in [-0.05, 0) is 25.2 Å². The Kier molecular flexibility index (Phi) is 6.33. The van der Waals surface area contributed by atoms with Crippen LogP contribution < -0.4 is 5.32 Å². The van der Waals surface area contributed by atoms with Gasteiger partial charge in [0.2, 0.25) is 5.91 Å². The Bertz CT molecular complexity index is 345. The molecule has 1 N–H and O–H groups in total.